The van der Waals surface area contributed by atoms with Crippen LogP contribution in [-0.4, -0.2) is 48.6 Å². The molecule has 2 heterocycles. The van der Waals surface area contributed by atoms with Crippen LogP contribution in [0, 0.1) is 12.7 Å². The lowest BCUT2D eigenvalue weighted by atomic mass is 10.0. The molecule has 9 heteroatoms. The maximum absolute atomic E-state index is 15.0. The minimum absolute atomic E-state index is 0.191. The van der Waals surface area contributed by atoms with Crippen LogP contribution in [0.2, 0.25) is 0 Å². The fourth-order valence-corrected chi connectivity index (χ4v) is 5.26. The largest absolute Gasteiger partial charge is 0.491 e. The van der Waals surface area contributed by atoms with Crippen molar-refractivity contribution < 1.29 is 22.3 Å². The van der Waals surface area contributed by atoms with Crippen molar-refractivity contribution in [1.29, 1.82) is 0 Å². The lowest BCUT2D eigenvalue weighted by Gasteiger charge is -2.22. The number of sulfone groups is 1. The molecule has 1 aliphatic heterocycles. The molecule has 1 N–H and O–H groups in total. The van der Waals surface area contributed by atoms with Crippen LogP contribution in [-0.2, 0) is 22.8 Å². The predicted molar refractivity (Wildman–Crippen MR) is 135 cm³/mol. The smallest absolute Gasteiger partial charge is 0.254 e. The highest BCUT2D eigenvalue weighted by Crippen LogP contribution is 2.33. The summed E-state index contributed by atoms with van der Waals surface area (Å²) in [4.78, 5) is 22.8. The average Bonchev–Trinajstić information content (AvgIpc) is 3.06. The molecule has 0 saturated heterocycles. The normalized spacial score (nSPS) is 13.8. The number of nitrogens with zero attached hydrogens (tertiary/aromatic N) is 2. The molecule has 3 aromatic carbocycles. The number of aromatic nitrogens is 2. The first-order valence-electron chi connectivity index (χ1n) is 11.7. The van der Waals surface area contributed by atoms with Gasteiger partial charge in [-0.2, -0.15) is 0 Å². The SMILES string of the molecule is CCc1cc(S(C)(=O)=O)ccc1C(=O)N1CCOc2ccc(-c3cc4nc(C)[nH]c4cc3F)cc2C1. The van der Waals surface area contributed by atoms with Gasteiger partial charge >= 0.3 is 0 Å². The molecule has 0 aliphatic carbocycles. The van der Waals surface area contributed by atoms with Gasteiger partial charge in [0.25, 0.3) is 5.91 Å². The molecule has 7 nitrogen and oxygen atoms in total. The fraction of sp³-hybridized carbons (Fsp3) is 0.259. The van der Waals surface area contributed by atoms with Gasteiger partial charge in [-0.25, -0.2) is 17.8 Å². The average molecular weight is 508 g/mol. The van der Waals surface area contributed by atoms with E-state index < -0.39 is 9.84 Å². The first-order chi connectivity index (χ1) is 17.1. The molecular formula is C27H26FN3O4S. The molecule has 0 radical (unpaired) electrons. The molecule has 0 atom stereocenters. The first-order valence-corrected chi connectivity index (χ1v) is 13.6. The third-order valence-electron chi connectivity index (χ3n) is 6.44. The quantitative estimate of drug-likeness (QED) is 0.433. The molecule has 1 aromatic heterocycles. The summed E-state index contributed by atoms with van der Waals surface area (Å²) in [7, 11) is -3.38. The number of hydrogen-bond donors (Lipinski definition) is 1. The molecule has 0 bridgehead atoms. The van der Waals surface area contributed by atoms with Gasteiger partial charge in [0.05, 0.1) is 22.5 Å². The molecular weight excluding hydrogens is 481 g/mol. The number of halogens is 1. The molecule has 0 fully saturated rings. The van der Waals surface area contributed by atoms with Crippen LogP contribution < -0.4 is 4.74 Å². The highest BCUT2D eigenvalue weighted by Gasteiger charge is 2.24. The third-order valence-corrected chi connectivity index (χ3v) is 7.55. The van der Waals surface area contributed by atoms with Crippen LogP contribution in [0.5, 0.6) is 5.75 Å². The second kappa shape index (κ2) is 9.05. The third kappa shape index (κ3) is 4.46. The van der Waals surface area contributed by atoms with E-state index in [1.165, 1.54) is 12.1 Å². The lowest BCUT2D eigenvalue weighted by molar-refractivity contribution is 0.0732. The maximum atomic E-state index is 15.0. The van der Waals surface area contributed by atoms with Crippen LogP contribution >= 0.6 is 0 Å². The molecule has 1 aliphatic rings. The van der Waals surface area contributed by atoms with Crippen LogP contribution in [0.15, 0.2) is 53.4 Å². The van der Waals surface area contributed by atoms with Gasteiger partial charge in [0, 0.05) is 35.6 Å². The number of rotatable bonds is 4. The van der Waals surface area contributed by atoms with E-state index in [0.717, 1.165) is 11.8 Å². The number of nitrogens with one attached hydrogen (secondary N) is 1. The van der Waals surface area contributed by atoms with Crippen molar-refractivity contribution in [2.45, 2.75) is 31.7 Å². The Bertz CT molecular complexity index is 1610. The Kier molecular flexibility index (Phi) is 6.04. The minimum atomic E-state index is -3.38. The van der Waals surface area contributed by atoms with Gasteiger partial charge in [-0.3, -0.25) is 4.79 Å². The Morgan fingerprint density at radius 3 is 2.72 bits per heavy atom. The zero-order valence-corrected chi connectivity index (χ0v) is 21.1. The number of aryl methyl sites for hydroxylation is 2. The zero-order chi connectivity index (χ0) is 25.6. The summed E-state index contributed by atoms with van der Waals surface area (Å²) >= 11 is 0. The number of aromatic amines is 1. The number of fused-ring (bicyclic) bond motifs is 2. The van der Waals surface area contributed by atoms with E-state index in [2.05, 4.69) is 9.97 Å². The summed E-state index contributed by atoms with van der Waals surface area (Å²) < 4.78 is 44.8. The summed E-state index contributed by atoms with van der Waals surface area (Å²) in [6, 6.07) is 13.2. The topological polar surface area (TPSA) is 92.4 Å². The van der Waals surface area contributed by atoms with Gasteiger partial charge in [0.1, 0.15) is 24.0 Å². The Balaban J connectivity index is 1.49. The van der Waals surface area contributed by atoms with E-state index in [4.69, 9.17) is 4.74 Å². The van der Waals surface area contributed by atoms with E-state index in [1.54, 1.807) is 35.2 Å². The molecule has 5 rings (SSSR count). The molecule has 0 saturated carbocycles. The van der Waals surface area contributed by atoms with Gasteiger partial charge in [-0.05, 0) is 60.9 Å². The Morgan fingerprint density at radius 1 is 1.17 bits per heavy atom. The standard InChI is InChI=1S/C27H26FN3O4S/c1-4-17-12-20(36(3,33)34)6-7-21(17)27(32)31-9-10-35-26-8-5-18(11-19(26)15-31)22-13-24-25(14-23(22)28)30-16(2)29-24/h5-8,11-14H,4,9-10,15H2,1-3H3,(H,29,30). The molecule has 0 unspecified atom stereocenters. The van der Waals surface area contributed by atoms with Crippen molar-refractivity contribution in [2.75, 3.05) is 19.4 Å². The van der Waals surface area contributed by atoms with Gasteiger partial charge in [0.15, 0.2) is 9.84 Å². The van der Waals surface area contributed by atoms with Crippen molar-refractivity contribution >= 4 is 26.8 Å². The molecule has 1 amide bonds. The molecule has 4 aromatic rings. The van der Waals surface area contributed by atoms with E-state index >= 15 is 0 Å². The van der Waals surface area contributed by atoms with Crippen LogP contribution in [0.4, 0.5) is 4.39 Å². The molecule has 186 valence electrons. The van der Waals surface area contributed by atoms with Crippen molar-refractivity contribution in [2.24, 2.45) is 0 Å². The van der Waals surface area contributed by atoms with Crippen LogP contribution in [0.3, 0.4) is 0 Å². The van der Waals surface area contributed by atoms with Gasteiger partial charge in [0.2, 0.25) is 0 Å². The number of carbonyl (C=O) groups is 1. The summed E-state index contributed by atoms with van der Waals surface area (Å²) in [5, 5.41) is 0. The molecule has 0 spiro atoms. The number of ether oxygens (including phenoxy) is 1. The molecule has 36 heavy (non-hydrogen) atoms. The Labute approximate surface area is 208 Å². The zero-order valence-electron chi connectivity index (χ0n) is 20.3. The van der Waals surface area contributed by atoms with Gasteiger partial charge in [-0.15, -0.1) is 0 Å². The minimum Gasteiger partial charge on any atom is -0.491 e. The van der Waals surface area contributed by atoms with Crippen molar-refractivity contribution in [3.8, 4) is 16.9 Å². The Morgan fingerprint density at radius 2 is 1.97 bits per heavy atom. The predicted octanol–water partition coefficient (Wildman–Crippen LogP) is 4.68. The maximum Gasteiger partial charge on any atom is 0.254 e. The van der Waals surface area contributed by atoms with Crippen molar-refractivity contribution in [3.05, 3.63) is 76.9 Å². The van der Waals surface area contributed by atoms with Crippen LogP contribution in [0.1, 0.15) is 34.2 Å². The Hall–Kier alpha value is -3.72. The summed E-state index contributed by atoms with van der Waals surface area (Å²) in [6.45, 7) is 4.67. The van der Waals surface area contributed by atoms with E-state index in [-0.39, 0.29) is 23.2 Å². The fourth-order valence-electron chi connectivity index (χ4n) is 4.59. The highest BCUT2D eigenvalue weighted by molar-refractivity contribution is 7.90. The monoisotopic (exact) mass is 507 g/mol. The van der Waals surface area contributed by atoms with Gasteiger partial charge < -0.3 is 14.6 Å². The van der Waals surface area contributed by atoms with Gasteiger partial charge in [-0.1, -0.05) is 13.0 Å². The van der Waals surface area contributed by atoms with Crippen molar-refractivity contribution in [3.63, 3.8) is 0 Å². The second-order valence-electron chi connectivity index (χ2n) is 9.01. The number of hydrogen-bond acceptors (Lipinski definition) is 5. The second-order valence-corrected chi connectivity index (χ2v) is 11.0. The van der Waals surface area contributed by atoms with Crippen molar-refractivity contribution in [1.82, 2.24) is 14.9 Å². The van der Waals surface area contributed by atoms with E-state index in [1.807, 2.05) is 19.9 Å². The summed E-state index contributed by atoms with van der Waals surface area (Å²) in [5.74, 6) is 0.789. The first kappa shape index (κ1) is 24.0. The van der Waals surface area contributed by atoms with Crippen LogP contribution in [0.25, 0.3) is 22.2 Å². The summed E-state index contributed by atoms with van der Waals surface area (Å²) in [5.41, 5.74) is 4.30. The lowest BCUT2D eigenvalue weighted by Crippen LogP contribution is -2.33. The number of amides is 1. The summed E-state index contributed by atoms with van der Waals surface area (Å²) in [6.07, 6.45) is 1.67. The number of imidazole rings is 1. The number of H-pyrrole nitrogens is 1. The van der Waals surface area contributed by atoms with E-state index in [0.29, 0.717) is 64.4 Å². The number of carbonyl (C=O) groups excluding carboxylic acids is 1. The highest BCUT2D eigenvalue weighted by atomic mass is 32.2. The number of benzene rings is 3. The van der Waals surface area contributed by atoms with E-state index in [9.17, 15) is 17.6 Å².